The molecular weight excluding hydrogens is 322 g/mol. The maximum Gasteiger partial charge on any atom is 0.129 e. The number of aliphatic hydroxyl groups is 1. The van der Waals surface area contributed by atoms with E-state index < -0.39 is 0 Å². The number of nitrogens with one attached hydrogen (secondary N) is 1. The molecule has 1 aliphatic heterocycles. The number of hydrogen-bond acceptors (Lipinski definition) is 4. The summed E-state index contributed by atoms with van der Waals surface area (Å²) in [5.41, 5.74) is 6.80. The molecule has 1 aliphatic carbocycles. The first-order valence-electron chi connectivity index (χ1n) is 9.49. The standard InChI is InChI=1S/C21H27N3O.CH4/c25-13-8-16-4-6-17(7-5-16)14-18-15-21(24-11-9-22-10-12-24)23-20-3-1-2-19(18)20;/h4-7,15,22,25H,1-3,8-14H2;1H4. The van der Waals surface area contributed by atoms with E-state index in [1.807, 2.05) is 0 Å². The maximum absolute atomic E-state index is 9.07. The van der Waals surface area contributed by atoms with Gasteiger partial charge < -0.3 is 15.3 Å². The van der Waals surface area contributed by atoms with Crippen LogP contribution in [0.5, 0.6) is 0 Å². The zero-order valence-electron chi connectivity index (χ0n) is 14.8. The van der Waals surface area contributed by atoms with Gasteiger partial charge in [-0.15, -0.1) is 0 Å². The van der Waals surface area contributed by atoms with Gasteiger partial charge in [0.25, 0.3) is 0 Å². The second-order valence-electron chi connectivity index (χ2n) is 7.12. The molecule has 0 radical (unpaired) electrons. The summed E-state index contributed by atoms with van der Waals surface area (Å²) in [5.74, 6) is 1.16. The third kappa shape index (κ3) is 4.08. The molecule has 2 N–H and O–H groups in total. The third-order valence-corrected chi connectivity index (χ3v) is 5.39. The largest absolute Gasteiger partial charge is 0.396 e. The van der Waals surface area contributed by atoms with E-state index in [4.69, 9.17) is 10.1 Å². The molecule has 0 saturated carbocycles. The molecule has 2 heterocycles. The number of fused-ring (bicyclic) bond motifs is 1. The van der Waals surface area contributed by atoms with Gasteiger partial charge in [0, 0.05) is 38.5 Å². The molecule has 4 nitrogen and oxygen atoms in total. The second-order valence-corrected chi connectivity index (χ2v) is 7.12. The maximum atomic E-state index is 9.07. The van der Waals surface area contributed by atoms with Crippen molar-refractivity contribution in [1.29, 1.82) is 0 Å². The number of aliphatic hydroxyl groups excluding tert-OH is 1. The molecule has 4 rings (SSSR count). The molecule has 26 heavy (non-hydrogen) atoms. The molecule has 1 aromatic heterocycles. The van der Waals surface area contributed by atoms with Crippen molar-refractivity contribution in [1.82, 2.24) is 10.3 Å². The highest BCUT2D eigenvalue weighted by Gasteiger charge is 2.21. The quantitative estimate of drug-likeness (QED) is 0.868. The second kappa shape index (κ2) is 8.65. The fourth-order valence-electron chi connectivity index (χ4n) is 4.00. The Morgan fingerprint density at radius 3 is 2.50 bits per heavy atom. The van der Waals surface area contributed by atoms with Gasteiger partial charge in [-0.1, -0.05) is 31.7 Å². The molecule has 2 aromatic rings. The van der Waals surface area contributed by atoms with E-state index in [1.165, 1.54) is 40.8 Å². The van der Waals surface area contributed by atoms with Crippen molar-refractivity contribution in [2.75, 3.05) is 37.7 Å². The monoisotopic (exact) mass is 353 g/mol. The number of rotatable bonds is 5. The van der Waals surface area contributed by atoms with Gasteiger partial charge in [-0.2, -0.15) is 0 Å². The van der Waals surface area contributed by atoms with Gasteiger partial charge in [0.05, 0.1) is 0 Å². The molecule has 2 aliphatic rings. The van der Waals surface area contributed by atoms with E-state index in [9.17, 15) is 0 Å². The van der Waals surface area contributed by atoms with Crippen molar-refractivity contribution < 1.29 is 5.11 Å². The van der Waals surface area contributed by atoms with Crippen molar-refractivity contribution >= 4 is 5.82 Å². The fourth-order valence-corrected chi connectivity index (χ4v) is 4.00. The van der Waals surface area contributed by atoms with Gasteiger partial charge in [-0.25, -0.2) is 4.98 Å². The Morgan fingerprint density at radius 2 is 1.77 bits per heavy atom. The third-order valence-electron chi connectivity index (χ3n) is 5.39. The highest BCUT2D eigenvalue weighted by molar-refractivity contribution is 5.50. The smallest absolute Gasteiger partial charge is 0.129 e. The van der Waals surface area contributed by atoms with E-state index in [0.717, 1.165) is 51.3 Å². The number of anilines is 1. The van der Waals surface area contributed by atoms with Gasteiger partial charge in [0.15, 0.2) is 0 Å². The number of hydrogen-bond donors (Lipinski definition) is 2. The summed E-state index contributed by atoms with van der Waals surface area (Å²) < 4.78 is 0. The number of aryl methyl sites for hydroxylation is 1. The molecular formula is C22H31N3O. The minimum absolute atomic E-state index is 0. The SMILES string of the molecule is C.OCCc1ccc(Cc2cc(N3CCNCC3)nc3c2CCC3)cc1. The van der Waals surface area contributed by atoms with Crippen LogP contribution >= 0.6 is 0 Å². The molecule has 1 saturated heterocycles. The number of benzene rings is 1. The van der Waals surface area contributed by atoms with Crippen LogP contribution in [0.3, 0.4) is 0 Å². The van der Waals surface area contributed by atoms with Gasteiger partial charge >= 0.3 is 0 Å². The zero-order valence-corrected chi connectivity index (χ0v) is 14.8. The predicted molar refractivity (Wildman–Crippen MR) is 108 cm³/mol. The summed E-state index contributed by atoms with van der Waals surface area (Å²) in [5, 5.41) is 12.5. The Balaban J connectivity index is 0.00000196. The number of aromatic nitrogens is 1. The highest BCUT2D eigenvalue weighted by atomic mass is 16.2. The Kier molecular flexibility index (Phi) is 6.28. The van der Waals surface area contributed by atoms with Crippen molar-refractivity contribution in [2.45, 2.75) is 39.5 Å². The zero-order chi connectivity index (χ0) is 17.1. The predicted octanol–water partition coefficient (Wildman–Crippen LogP) is 2.74. The normalized spacial score (nSPS) is 16.3. The lowest BCUT2D eigenvalue weighted by Gasteiger charge is -2.29. The van der Waals surface area contributed by atoms with E-state index in [1.54, 1.807) is 0 Å². The molecule has 1 fully saturated rings. The molecule has 0 atom stereocenters. The Morgan fingerprint density at radius 1 is 1.04 bits per heavy atom. The topological polar surface area (TPSA) is 48.4 Å². The van der Waals surface area contributed by atoms with E-state index >= 15 is 0 Å². The summed E-state index contributed by atoms with van der Waals surface area (Å²) in [6.07, 6.45) is 5.23. The lowest BCUT2D eigenvalue weighted by atomic mass is 9.98. The molecule has 1 aromatic carbocycles. The van der Waals surface area contributed by atoms with Crippen LogP contribution in [-0.2, 0) is 25.7 Å². The Bertz CT molecular complexity index is 721. The van der Waals surface area contributed by atoms with Crippen molar-refractivity contribution in [3.8, 4) is 0 Å². The minimum Gasteiger partial charge on any atom is -0.396 e. The van der Waals surface area contributed by atoms with Gasteiger partial charge in [-0.3, -0.25) is 0 Å². The van der Waals surface area contributed by atoms with Crippen molar-refractivity contribution in [2.24, 2.45) is 0 Å². The fraction of sp³-hybridized carbons (Fsp3) is 0.500. The van der Waals surface area contributed by atoms with Crippen LogP contribution in [0.4, 0.5) is 5.82 Å². The van der Waals surface area contributed by atoms with Gasteiger partial charge in [0.1, 0.15) is 5.82 Å². The highest BCUT2D eigenvalue weighted by Crippen LogP contribution is 2.29. The van der Waals surface area contributed by atoms with Crippen molar-refractivity contribution in [3.05, 3.63) is 58.3 Å². The van der Waals surface area contributed by atoms with Crippen LogP contribution in [0.25, 0.3) is 0 Å². The number of piperazine rings is 1. The van der Waals surface area contributed by atoms with Crippen molar-refractivity contribution in [3.63, 3.8) is 0 Å². The van der Waals surface area contributed by atoms with E-state index in [0.29, 0.717) is 0 Å². The van der Waals surface area contributed by atoms with E-state index in [-0.39, 0.29) is 14.0 Å². The lowest BCUT2D eigenvalue weighted by molar-refractivity contribution is 0.299. The lowest BCUT2D eigenvalue weighted by Crippen LogP contribution is -2.44. The minimum atomic E-state index is 0. The summed E-state index contributed by atoms with van der Waals surface area (Å²) in [4.78, 5) is 7.41. The summed E-state index contributed by atoms with van der Waals surface area (Å²) in [6.45, 7) is 4.38. The Hall–Kier alpha value is -1.91. The molecule has 140 valence electrons. The first-order chi connectivity index (χ1) is 12.3. The summed E-state index contributed by atoms with van der Waals surface area (Å²) >= 11 is 0. The van der Waals surface area contributed by atoms with Crippen LogP contribution in [0, 0.1) is 0 Å². The van der Waals surface area contributed by atoms with E-state index in [2.05, 4.69) is 40.5 Å². The first-order valence-corrected chi connectivity index (χ1v) is 9.49. The molecule has 4 heteroatoms. The van der Waals surface area contributed by atoms with Crippen LogP contribution in [0.1, 0.15) is 41.8 Å². The average Bonchev–Trinajstić information content (AvgIpc) is 3.13. The summed E-state index contributed by atoms with van der Waals surface area (Å²) in [7, 11) is 0. The van der Waals surface area contributed by atoms with Gasteiger partial charge in [-0.05, 0) is 60.4 Å². The molecule has 0 unspecified atom stereocenters. The number of nitrogens with zero attached hydrogens (tertiary/aromatic N) is 2. The number of pyridine rings is 1. The molecule has 0 spiro atoms. The van der Waals surface area contributed by atoms with Crippen LogP contribution in [-0.4, -0.2) is 42.9 Å². The Labute approximate surface area is 157 Å². The average molecular weight is 354 g/mol. The first kappa shape index (κ1) is 18.9. The van der Waals surface area contributed by atoms with Crippen LogP contribution in [0.15, 0.2) is 30.3 Å². The van der Waals surface area contributed by atoms with Gasteiger partial charge in [0.2, 0.25) is 0 Å². The molecule has 0 bridgehead atoms. The summed E-state index contributed by atoms with van der Waals surface area (Å²) in [6, 6.07) is 11.0. The van der Waals surface area contributed by atoms with Crippen LogP contribution in [0.2, 0.25) is 0 Å². The molecule has 0 amide bonds. The van der Waals surface area contributed by atoms with Crippen LogP contribution < -0.4 is 10.2 Å².